The monoisotopic (exact) mass is 216 g/mol. The zero-order valence-electron chi connectivity index (χ0n) is 9.36. The molecule has 0 saturated heterocycles. The molecule has 84 valence electrons. The van der Waals surface area contributed by atoms with Crippen LogP contribution in [0.15, 0.2) is 36.4 Å². The third-order valence-electron chi connectivity index (χ3n) is 2.58. The van der Waals surface area contributed by atoms with Crippen LogP contribution in [0, 0.1) is 0 Å². The standard InChI is InChI=1S/C13H16N2O/c1-2-16-13-8-7-10-5-3-4-6-11(10)12(13)9-15-14/h3-8,15H,2,9,14H2,1H3. The number of fused-ring (bicyclic) bond motifs is 1. The van der Waals surface area contributed by atoms with Gasteiger partial charge >= 0.3 is 0 Å². The van der Waals surface area contributed by atoms with Crippen molar-refractivity contribution < 1.29 is 4.74 Å². The van der Waals surface area contributed by atoms with E-state index in [1.807, 2.05) is 25.1 Å². The fourth-order valence-corrected chi connectivity index (χ4v) is 1.89. The molecule has 3 heteroatoms. The van der Waals surface area contributed by atoms with Gasteiger partial charge in [0.2, 0.25) is 0 Å². The van der Waals surface area contributed by atoms with Crippen LogP contribution in [0.2, 0.25) is 0 Å². The van der Waals surface area contributed by atoms with Gasteiger partial charge in [-0.1, -0.05) is 30.3 Å². The molecule has 0 radical (unpaired) electrons. The second kappa shape index (κ2) is 4.96. The summed E-state index contributed by atoms with van der Waals surface area (Å²) in [6.07, 6.45) is 0. The molecule has 0 fully saturated rings. The van der Waals surface area contributed by atoms with Crippen molar-refractivity contribution in [3.63, 3.8) is 0 Å². The van der Waals surface area contributed by atoms with Crippen LogP contribution in [0.3, 0.4) is 0 Å². The van der Waals surface area contributed by atoms with Crippen LogP contribution in [-0.2, 0) is 6.54 Å². The predicted octanol–water partition coefficient (Wildman–Crippen LogP) is 2.20. The highest BCUT2D eigenvalue weighted by Gasteiger charge is 2.07. The minimum Gasteiger partial charge on any atom is -0.494 e. The van der Waals surface area contributed by atoms with E-state index in [1.54, 1.807) is 0 Å². The summed E-state index contributed by atoms with van der Waals surface area (Å²) in [6, 6.07) is 12.3. The lowest BCUT2D eigenvalue weighted by Gasteiger charge is -2.12. The second-order valence-electron chi connectivity index (χ2n) is 3.58. The van der Waals surface area contributed by atoms with E-state index < -0.39 is 0 Å². The van der Waals surface area contributed by atoms with E-state index in [0.717, 1.165) is 11.3 Å². The van der Waals surface area contributed by atoms with Crippen molar-refractivity contribution in [3.05, 3.63) is 42.0 Å². The number of nitrogens with two attached hydrogens (primary N) is 1. The van der Waals surface area contributed by atoms with Gasteiger partial charge in [0.15, 0.2) is 0 Å². The maximum Gasteiger partial charge on any atom is 0.124 e. The van der Waals surface area contributed by atoms with E-state index in [0.29, 0.717) is 13.2 Å². The number of rotatable bonds is 4. The molecule has 0 aliphatic carbocycles. The first-order chi connectivity index (χ1) is 7.86. The van der Waals surface area contributed by atoms with Crippen LogP contribution in [0.1, 0.15) is 12.5 Å². The summed E-state index contributed by atoms with van der Waals surface area (Å²) in [5.74, 6) is 6.31. The Morgan fingerprint density at radius 1 is 1.19 bits per heavy atom. The molecule has 2 aromatic rings. The summed E-state index contributed by atoms with van der Waals surface area (Å²) in [6.45, 7) is 3.25. The number of hydrogen-bond acceptors (Lipinski definition) is 3. The maximum atomic E-state index is 5.60. The smallest absolute Gasteiger partial charge is 0.124 e. The zero-order chi connectivity index (χ0) is 11.4. The summed E-state index contributed by atoms with van der Waals surface area (Å²) in [4.78, 5) is 0. The molecular weight excluding hydrogens is 200 g/mol. The molecule has 0 atom stereocenters. The van der Waals surface area contributed by atoms with E-state index in [-0.39, 0.29) is 0 Å². The van der Waals surface area contributed by atoms with Gasteiger partial charge in [0.1, 0.15) is 5.75 Å². The molecule has 2 rings (SSSR count). The van der Waals surface area contributed by atoms with Gasteiger partial charge in [-0.05, 0) is 23.8 Å². The van der Waals surface area contributed by atoms with Crippen molar-refractivity contribution in [1.29, 1.82) is 0 Å². The van der Waals surface area contributed by atoms with E-state index in [4.69, 9.17) is 10.6 Å². The molecule has 0 aromatic heterocycles. The van der Waals surface area contributed by atoms with Crippen LogP contribution < -0.4 is 16.0 Å². The Morgan fingerprint density at radius 2 is 2.00 bits per heavy atom. The normalized spacial score (nSPS) is 10.6. The van der Waals surface area contributed by atoms with Crippen LogP contribution in [0.5, 0.6) is 5.75 Å². The number of hydrogen-bond donors (Lipinski definition) is 2. The first-order valence-corrected chi connectivity index (χ1v) is 5.43. The summed E-state index contributed by atoms with van der Waals surface area (Å²) >= 11 is 0. The molecule has 0 saturated carbocycles. The van der Waals surface area contributed by atoms with Crippen molar-refractivity contribution in [3.8, 4) is 5.75 Å². The summed E-state index contributed by atoms with van der Waals surface area (Å²) in [7, 11) is 0. The van der Waals surface area contributed by atoms with E-state index in [2.05, 4.69) is 23.6 Å². The molecule has 0 amide bonds. The lowest BCUT2D eigenvalue weighted by Crippen LogP contribution is -2.21. The summed E-state index contributed by atoms with van der Waals surface area (Å²) in [5.41, 5.74) is 3.81. The molecule has 16 heavy (non-hydrogen) atoms. The van der Waals surface area contributed by atoms with Crippen LogP contribution in [0.4, 0.5) is 0 Å². The Hall–Kier alpha value is -1.58. The Labute approximate surface area is 95.2 Å². The Bertz CT molecular complexity index is 482. The number of ether oxygens (including phenoxy) is 1. The lowest BCUT2D eigenvalue weighted by molar-refractivity contribution is 0.336. The van der Waals surface area contributed by atoms with E-state index in [1.165, 1.54) is 10.8 Å². The topological polar surface area (TPSA) is 47.3 Å². The van der Waals surface area contributed by atoms with Gasteiger partial charge in [0.25, 0.3) is 0 Å². The van der Waals surface area contributed by atoms with Crippen molar-refractivity contribution in [1.82, 2.24) is 5.43 Å². The van der Waals surface area contributed by atoms with Gasteiger partial charge in [0, 0.05) is 12.1 Å². The minimum atomic E-state index is 0.608. The van der Waals surface area contributed by atoms with Gasteiger partial charge in [-0.2, -0.15) is 0 Å². The molecule has 0 aliphatic rings. The first-order valence-electron chi connectivity index (χ1n) is 5.43. The van der Waals surface area contributed by atoms with Gasteiger partial charge in [-0.15, -0.1) is 0 Å². The van der Waals surface area contributed by atoms with Gasteiger partial charge in [-0.25, -0.2) is 0 Å². The highest BCUT2D eigenvalue weighted by Crippen LogP contribution is 2.27. The van der Waals surface area contributed by atoms with E-state index in [9.17, 15) is 0 Å². The largest absolute Gasteiger partial charge is 0.494 e. The zero-order valence-corrected chi connectivity index (χ0v) is 9.36. The number of hydrazine groups is 1. The fourth-order valence-electron chi connectivity index (χ4n) is 1.89. The predicted molar refractivity (Wildman–Crippen MR) is 66.1 cm³/mol. The maximum absolute atomic E-state index is 5.60. The van der Waals surface area contributed by atoms with Crippen molar-refractivity contribution in [2.24, 2.45) is 5.84 Å². The van der Waals surface area contributed by atoms with Gasteiger partial charge in [-0.3, -0.25) is 11.3 Å². The fraction of sp³-hybridized carbons (Fsp3) is 0.231. The van der Waals surface area contributed by atoms with Crippen LogP contribution in [-0.4, -0.2) is 6.61 Å². The molecule has 0 aliphatic heterocycles. The molecule has 0 bridgehead atoms. The molecular formula is C13H16N2O. The van der Waals surface area contributed by atoms with Crippen molar-refractivity contribution >= 4 is 10.8 Å². The molecule has 0 heterocycles. The quantitative estimate of drug-likeness (QED) is 0.608. The Kier molecular flexibility index (Phi) is 3.39. The molecule has 2 aromatic carbocycles. The average molecular weight is 216 g/mol. The van der Waals surface area contributed by atoms with Crippen molar-refractivity contribution in [2.75, 3.05) is 6.61 Å². The molecule has 3 N–H and O–H groups in total. The molecule has 0 unspecified atom stereocenters. The van der Waals surface area contributed by atoms with Gasteiger partial charge in [0.05, 0.1) is 6.61 Å². The second-order valence-corrected chi connectivity index (χ2v) is 3.58. The summed E-state index contributed by atoms with van der Waals surface area (Å²) < 4.78 is 5.60. The lowest BCUT2D eigenvalue weighted by atomic mass is 10.0. The minimum absolute atomic E-state index is 0.608. The average Bonchev–Trinajstić information content (AvgIpc) is 2.32. The molecule has 0 spiro atoms. The van der Waals surface area contributed by atoms with Crippen molar-refractivity contribution in [2.45, 2.75) is 13.5 Å². The molecule has 3 nitrogen and oxygen atoms in total. The van der Waals surface area contributed by atoms with E-state index >= 15 is 0 Å². The third-order valence-corrected chi connectivity index (χ3v) is 2.58. The Balaban J connectivity index is 2.58. The van der Waals surface area contributed by atoms with Gasteiger partial charge < -0.3 is 4.74 Å². The highest BCUT2D eigenvalue weighted by atomic mass is 16.5. The Morgan fingerprint density at radius 3 is 2.75 bits per heavy atom. The third kappa shape index (κ3) is 2.01. The SMILES string of the molecule is CCOc1ccc2ccccc2c1CNN. The number of benzene rings is 2. The van der Waals surface area contributed by atoms with Crippen LogP contribution >= 0.6 is 0 Å². The summed E-state index contributed by atoms with van der Waals surface area (Å²) in [5, 5.41) is 2.39. The van der Waals surface area contributed by atoms with Crippen LogP contribution in [0.25, 0.3) is 10.8 Å². The first kappa shape index (κ1) is 10.9. The highest BCUT2D eigenvalue weighted by molar-refractivity contribution is 5.87. The number of nitrogens with one attached hydrogen (secondary N) is 1.